The van der Waals surface area contributed by atoms with E-state index in [1.54, 1.807) is 28.0 Å². The molecule has 3 aromatic carbocycles. The second-order valence-electron chi connectivity index (χ2n) is 10.9. The second-order valence-corrected chi connectivity index (χ2v) is 13.9. The van der Waals surface area contributed by atoms with Crippen LogP contribution in [-0.4, -0.2) is 36.8 Å². The van der Waals surface area contributed by atoms with Gasteiger partial charge in [0, 0.05) is 28.4 Å². The molecule has 1 amide bonds. The van der Waals surface area contributed by atoms with Crippen LogP contribution in [0.2, 0.25) is 0 Å². The van der Waals surface area contributed by atoms with E-state index in [4.69, 9.17) is 14.8 Å². The number of amides is 1. The molecule has 43 heavy (non-hydrogen) atoms. The number of anilines is 2. The van der Waals surface area contributed by atoms with Gasteiger partial charge >= 0.3 is 0 Å². The second kappa shape index (κ2) is 11.8. The number of ether oxygens (including phenoxy) is 1. The number of benzene rings is 3. The number of carbonyl (C=O) groups excluding carboxylic acids is 1. The predicted octanol–water partition coefficient (Wildman–Crippen LogP) is 7.94. The SMILES string of the molecule is CC1(C)Cc2c(sc3nc(SCc4ccccc4)n4c(SCC(=O)N(c5ccccc5)c5ccccc5)nnc4c23)CO1. The molecule has 3 aromatic heterocycles. The molecule has 10 heteroatoms. The van der Waals surface area contributed by atoms with Crippen molar-refractivity contribution in [3.63, 3.8) is 0 Å². The first-order chi connectivity index (χ1) is 21.0. The standard InChI is InChI=1S/C33H29N5O2S3/c1-33(2)18-25-26(19-40-33)43-30-28(25)29-35-36-32(38(29)31(34-30)41-20-22-12-6-3-7-13-22)42-21-27(39)37(23-14-8-4-9-15-23)24-16-10-5-11-17-24/h3-17H,18-21H2,1-2H3. The zero-order valence-corrected chi connectivity index (χ0v) is 26.2. The molecule has 0 bridgehead atoms. The topological polar surface area (TPSA) is 72.6 Å². The van der Waals surface area contributed by atoms with Crippen molar-refractivity contribution in [2.24, 2.45) is 0 Å². The Hall–Kier alpha value is -3.70. The molecule has 7 rings (SSSR count). The third kappa shape index (κ3) is 5.68. The minimum absolute atomic E-state index is 0.0431. The molecular weight excluding hydrogens is 595 g/mol. The molecule has 0 radical (unpaired) electrons. The monoisotopic (exact) mass is 623 g/mol. The summed E-state index contributed by atoms with van der Waals surface area (Å²) < 4.78 is 8.16. The Balaban J connectivity index is 1.27. The molecule has 0 atom stereocenters. The molecule has 0 N–H and O–H groups in total. The highest BCUT2D eigenvalue weighted by Crippen LogP contribution is 2.42. The maximum absolute atomic E-state index is 13.8. The Morgan fingerprint density at radius 1 is 0.907 bits per heavy atom. The van der Waals surface area contributed by atoms with Gasteiger partial charge in [0.15, 0.2) is 16.0 Å². The zero-order chi connectivity index (χ0) is 29.4. The van der Waals surface area contributed by atoms with Crippen LogP contribution in [-0.2, 0) is 28.3 Å². The van der Waals surface area contributed by atoms with E-state index in [9.17, 15) is 4.79 Å². The highest BCUT2D eigenvalue weighted by Gasteiger charge is 2.32. The number of rotatable bonds is 8. The van der Waals surface area contributed by atoms with Gasteiger partial charge in [-0.15, -0.1) is 21.5 Å². The lowest BCUT2D eigenvalue weighted by atomic mass is 9.94. The van der Waals surface area contributed by atoms with Gasteiger partial charge in [-0.05, 0) is 49.2 Å². The summed E-state index contributed by atoms with van der Waals surface area (Å²) in [6, 6.07) is 29.8. The van der Waals surface area contributed by atoms with Crippen molar-refractivity contribution in [2.75, 3.05) is 10.7 Å². The highest BCUT2D eigenvalue weighted by atomic mass is 32.2. The average molecular weight is 624 g/mol. The van der Waals surface area contributed by atoms with Crippen molar-refractivity contribution < 1.29 is 9.53 Å². The Bertz CT molecular complexity index is 1870. The van der Waals surface area contributed by atoms with Crippen molar-refractivity contribution in [1.29, 1.82) is 0 Å². The quantitative estimate of drug-likeness (QED) is 0.126. The van der Waals surface area contributed by atoms with E-state index in [0.29, 0.717) is 11.8 Å². The summed E-state index contributed by atoms with van der Waals surface area (Å²) in [5, 5.41) is 11.8. The molecule has 0 fully saturated rings. The summed E-state index contributed by atoms with van der Waals surface area (Å²) in [4.78, 5) is 22.9. The van der Waals surface area contributed by atoms with E-state index in [2.05, 4.69) is 31.1 Å². The molecule has 0 spiro atoms. The summed E-state index contributed by atoms with van der Waals surface area (Å²) in [5.41, 5.74) is 4.62. The molecule has 0 saturated heterocycles. The van der Waals surface area contributed by atoms with E-state index < -0.39 is 0 Å². The van der Waals surface area contributed by atoms with Crippen molar-refractivity contribution in [2.45, 2.75) is 48.5 Å². The average Bonchev–Trinajstić information content (AvgIpc) is 3.61. The van der Waals surface area contributed by atoms with E-state index in [-0.39, 0.29) is 17.3 Å². The van der Waals surface area contributed by atoms with Gasteiger partial charge in [0.25, 0.3) is 0 Å². The fraction of sp³-hybridized carbons (Fsp3) is 0.212. The van der Waals surface area contributed by atoms with Crippen LogP contribution in [0.5, 0.6) is 0 Å². The molecule has 4 heterocycles. The summed E-state index contributed by atoms with van der Waals surface area (Å²) in [7, 11) is 0. The van der Waals surface area contributed by atoms with Gasteiger partial charge in [-0.3, -0.25) is 9.69 Å². The van der Waals surface area contributed by atoms with Crippen LogP contribution in [0.1, 0.15) is 29.9 Å². The highest BCUT2D eigenvalue weighted by molar-refractivity contribution is 8.00. The van der Waals surface area contributed by atoms with E-state index in [1.165, 1.54) is 27.8 Å². The lowest BCUT2D eigenvalue weighted by Crippen LogP contribution is -2.31. The molecule has 0 unspecified atom stereocenters. The van der Waals surface area contributed by atoms with Crippen LogP contribution < -0.4 is 4.90 Å². The molecule has 1 aliphatic heterocycles. The van der Waals surface area contributed by atoms with Gasteiger partial charge in [-0.25, -0.2) is 9.38 Å². The summed E-state index contributed by atoms with van der Waals surface area (Å²) in [6.45, 7) is 4.81. The number of hydrogen-bond donors (Lipinski definition) is 0. The van der Waals surface area contributed by atoms with Gasteiger partial charge in [0.2, 0.25) is 5.91 Å². The lowest BCUT2D eigenvalue weighted by molar-refractivity contribution is -0.115. The third-order valence-corrected chi connectivity index (χ3v) is 10.4. The Kier molecular flexibility index (Phi) is 7.69. The van der Waals surface area contributed by atoms with Gasteiger partial charge in [-0.2, -0.15) is 0 Å². The number of para-hydroxylation sites is 2. The number of fused-ring (bicyclic) bond motifs is 5. The maximum atomic E-state index is 13.8. The molecule has 0 aliphatic carbocycles. The predicted molar refractivity (Wildman–Crippen MR) is 175 cm³/mol. The van der Waals surface area contributed by atoms with Gasteiger partial charge in [-0.1, -0.05) is 90.3 Å². The molecule has 6 aromatic rings. The number of carbonyl (C=O) groups is 1. The van der Waals surface area contributed by atoms with Crippen LogP contribution in [0, 0.1) is 0 Å². The first-order valence-electron chi connectivity index (χ1n) is 14.0. The normalized spacial score (nSPS) is 14.2. The Morgan fingerprint density at radius 2 is 1.56 bits per heavy atom. The first kappa shape index (κ1) is 28.1. The number of aromatic nitrogens is 4. The van der Waals surface area contributed by atoms with Crippen molar-refractivity contribution in [3.8, 4) is 0 Å². The zero-order valence-electron chi connectivity index (χ0n) is 23.8. The molecule has 7 nitrogen and oxygen atoms in total. The summed E-state index contributed by atoms with van der Waals surface area (Å²) in [5.74, 6) is 0.902. The van der Waals surface area contributed by atoms with Gasteiger partial charge in [0.05, 0.1) is 23.3 Å². The largest absolute Gasteiger partial charge is 0.370 e. The minimum Gasteiger partial charge on any atom is -0.370 e. The molecular formula is C33H29N5O2S3. The number of nitrogens with zero attached hydrogens (tertiary/aromatic N) is 5. The first-order valence-corrected chi connectivity index (χ1v) is 16.8. The Labute approximate surface area is 262 Å². The lowest BCUT2D eigenvalue weighted by Gasteiger charge is -2.30. The minimum atomic E-state index is -0.263. The van der Waals surface area contributed by atoms with Crippen LogP contribution >= 0.6 is 34.9 Å². The summed E-state index contributed by atoms with van der Waals surface area (Å²) >= 11 is 4.72. The van der Waals surface area contributed by atoms with E-state index in [1.807, 2.05) is 83.3 Å². The fourth-order valence-corrected chi connectivity index (χ4v) is 8.23. The molecule has 216 valence electrons. The molecule has 1 aliphatic rings. The van der Waals surface area contributed by atoms with Crippen molar-refractivity contribution in [1.82, 2.24) is 19.6 Å². The third-order valence-electron chi connectivity index (χ3n) is 7.33. The van der Waals surface area contributed by atoms with Crippen LogP contribution in [0.4, 0.5) is 11.4 Å². The molecule has 0 saturated carbocycles. The number of thiophene rings is 1. The maximum Gasteiger partial charge on any atom is 0.242 e. The van der Waals surface area contributed by atoms with Crippen LogP contribution in [0.25, 0.3) is 15.9 Å². The van der Waals surface area contributed by atoms with Crippen molar-refractivity contribution >= 4 is 68.0 Å². The van der Waals surface area contributed by atoms with E-state index in [0.717, 1.165) is 44.6 Å². The fourth-order valence-electron chi connectivity index (χ4n) is 5.28. The van der Waals surface area contributed by atoms with E-state index >= 15 is 0 Å². The van der Waals surface area contributed by atoms with Crippen LogP contribution in [0.3, 0.4) is 0 Å². The summed E-state index contributed by atoms with van der Waals surface area (Å²) in [6.07, 6.45) is 0.785. The van der Waals surface area contributed by atoms with Gasteiger partial charge in [0.1, 0.15) is 4.83 Å². The number of thioether (sulfide) groups is 2. The van der Waals surface area contributed by atoms with Crippen LogP contribution in [0.15, 0.2) is 101 Å². The smallest absolute Gasteiger partial charge is 0.242 e. The van der Waals surface area contributed by atoms with Crippen molar-refractivity contribution in [3.05, 3.63) is 107 Å². The van der Waals surface area contributed by atoms with Gasteiger partial charge < -0.3 is 4.74 Å². The number of hydrogen-bond acceptors (Lipinski definition) is 8. The Morgan fingerprint density at radius 3 is 2.23 bits per heavy atom.